The number of benzene rings is 2. The Hall–Kier alpha value is -2.86. The van der Waals surface area contributed by atoms with Crippen LogP contribution in [-0.2, 0) is 16.1 Å². The predicted molar refractivity (Wildman–Crippen MR) is 98.2 cm³/mol. The van der Waals surface area contributed by atoms with Crippen molar-refractivity contribution in [3.8, 4) is 0 Å². The number of nitrogens with one attached hydrogen (secondary N) is 2. The fraction of sp³-hybridized carbons (Fsp3) is 0.211. The predicted octanol–water partition coefficient (Wildman–Crippen LogP) is 2.58. The van der Waals surface area contributed by atoms with E-state index in [1.54, 1.807) is 36.4 Å². The van der Waals surface area contributed by atoms with Crippen LogP contribution in [-0.4, -0.2) is 24.3 Å². The minimum absolute atomic E-state index is 0.109. The third-order valence-electron chi connectivity index (χ3n) is 4.71. The second kappa shape index (κ2) is 6.46. The average molecular weight is 370 g/mol. The van der Waals surface area contributed by atoms with Crippen LogP contribution in [0.5, 0.6) is 0 Å². The number of carbonyl (C=O) groups excluding carboxylic acids is 3. The number of rotatable bonds is 3. The summed E-state index contributed by atoms with van der Waals surface area (Å²) in [6.45, 7) is 0.718. The van der Waals surface area contributed by atoms with Crippen LogP contribution in [0.15, 0.2) is 42.5 Å². The maximum absolute atomic E-state index is 12.7. The van der Waals surface area contributed by atoms with Gasteiger partial charge in [-0.1, -0.05) is 35.9 Å². The van der Waals surface area contributed by atoms with Gasteiger partial charge in [0.25, 0.3) is 5.91 Å². The van der Waals surface area contributed by atoms with Crippen LogP contribution < -0.4 is 15.5 Å². The lowest BCUT2D eigenvalue weighted by molar-refractivity contribution is -0.122. The Morgan fingerprint density at radius 1 is 1.15 bits per heavy atom. The topological polar surface area (TPSA) is 78.5 Å². The lowest BCUT2D eigenvalue weighted by atomic mass is 10.1. The maximum Gasteiger partial charge on any atom is 0.254 e. The van der Waals surface area contributed by atoms with Crippen molar-refractivity contribution >= 4 is 40.7 Å². The first kappa shape index (κ1) is 16.6. The van der Waals surface area contributed by atoms with Crippen molar-refractivity contribution in [2.45, 2.75) is 13.0 Å². The summed E-state index contributed by atoms with van der Waals surface area (Å²) in [5.74, 6) is -1.12. The Morgan fingerprint density at radius 2 is 1.96 bits per heavy atom. The number of anilines is 2. The van der Waals surface area contributed by atoms with E-state index in [4.69, 9.17) is 11.6 Å². The van der Waals surface area contributed by atoms with Crippen LogP contribution in [0.1, 0.15) is 22.3 Å². The largest absolute Gasteiger partial charge is 0.348 e. The summed E-state index contributed by atoms with van der Waals surface area (Å²) in [7, 11) is 0. The molecule has 0 radical (unpaired) electrons. The van der Waals surface area contributed by atoms with E-state index in [-0.39, 0.29) is 30.7 Å². The second-order valence-corrected chi connectivity index (χ2v) is 6.78. The Kier molecular flexibility index (Phi) is 4.12. The molecule has 0 spiro atoms. The van der Waals surface area contributed by atoms with Crippen molar-refractivity contribution in [3.63, 3.8) is 0 Å². The highest BCUT2D eigenvalue weighted by atomic mass is 35.5. The van der Waals surface area contributed by atoms with Crippen molar-refractivity contribution in [1.29, 1.82) is 0 Å². The Labute approximate surface area is 155 Å². The minimum Gasteiger partial charge on any atom is -0.348 e. The Bertz CT molecular complexity index is 928. The van der Waals surface area contributed by atoms with Gasteiger partial charge in [-0.2, -0.15) is 0 Å². The number of halogens is 1. The molecule has 2 aliphatic rings. The van der Waals surface area contributed by atoms with E-state index in [0.717, 1.165) is 5.56 Å². The summed E-state index contributed by atoms with van der Waals surface area (Å²) in [5, 5.41) is 6.02. The van der Waals surface area contributed by atoms with Crippen LogP contribution in [0, 0.1) is 5.92 Å². The first-order valence-corrected chi connectivity index (χ1v) is 8.68. The van der Waals surface area contributed by atoms with Gasteiger partial charge in [-0.3, -0.25) is 14.4 Å². The van der Waals surface area contributed by atoms with Gasteiger partial charge in [0.1, 0.15) is 0 Å². The van der Waals surface area contributed by atoms with Crippen LogP contribution in [0.3, 0.4) is 0 Å². The SMILES string of the molecule is O=C1NCc2cccc(NC(=O)C3CC(=O)N(c4ccccc4Cl)C3)c21. The van der Waals surface area contributed by atoms with Gasteiger partial charge < -0.3 is 15.5 Å². The lowest BCUT2D eigenvalue weighted by Gasteiger charge is -2.18. The van der Waals surface area contributed by atoms with Gasteiger partial charge in [-0.25, -0.2) is 0 Å². The second-order valence-electron chi connectivity index (χ2n) is 6.37. The zero-order valence-corrected chi connectivity index (χ0v) is 14.5. The molecule has 0 aliphatic carbocycles. The third kappa shape index (κ3) is 2.82. The van der Waals surface area contributed by atoms with Crippen LogP contribution in [0.4, 0.5) is 11.4 Å². The molecular weight excluding hydrogens is 354 g/mol. The Balaban J connectivity index is 1.52. The molecule has 7 heteroatoms. The summed E-state index contributed by atoms with van der Waals surface area (Å²) >= 11 is 6.17. The summed E-state index contributed by atoms with van der Waals surface area (Å²) in [5.41, 5.74) is 2.43. The van der Waals surface area contributed by atoms with E-state index in [9.17, 15) is 14.4 Å². The zero-order chi connectivity index (χ0) is 18.3. The van der Waals surface area contributed by atoms with Crippen molar-refractivity contribution in [3.05, 3.63) is 58.6 Å². The molecule has 2 N–H and O–H groups in total. The number of para-hydroxylation sites is 1. The number of nitrogens with zero attached hydrogens (tertiary/aromatic N) is 1. The molecule has 132 valence electrons. The summed E-state index contributed by atoms with van der Waals surface area (Å²) in [6, 6.07) is 12.4. The monoisotopic (exact) mass is 369 g/mol. The number of fused-ring (bicyclic) bond motifs is 1. The minimum atomic E-state index is -0.501. The van der Waals surface area contributed by atoms with E-state index >= 15 is 0 Å². The van der Waals surface area contributed by atoms with Crippen LogP contribution >= 0.6 is 11.6 Å². The first-order chi connectivity index (χ1) is 12.5. The molecule has 2 heterocycles. The van der Waals surface area contributed by atoms with Crippen molar-refractivity contribution in [2.75, 3.05) is 16.8 Å². The fourth-order valence-corrected chi connectivity index (χ4v) is 3.64. The molecule has 1 saturated heterocycles. The molecule has 2 aromatic carbocycles. The van der Waals surface area contributed by atoms with E-state index in [1.165, 1.54) is 4.90 Å². The van der Waals surface area contributed by atoms with E-state index < -0.39 is 5.92 Å². The molecule has 0 aromatic heterocycles. The molecular formula is C19H16ClN3O3. The zero-order valence-electron chi connectivity index (χ0n) is 13.8. The molecule has 4 rings (SSSR count). The molecule has 2 aromatic rings. The summed E-state index contributed by atoms with van der Waals surface area (Å²) < 4.78 is 0. The normalized spacial score (nSPS) is 18.7. The Morgan fingerprint density at radius 3 is 2.77 bits per heavy atom. The first-order valence-electron chi connectivity index (χ1n) is 8.30. The summed E-state index contributed by atoms with van der Waals surface area (Å²) in [4.78, 5) is 38.5. The average Bonchev–Trinajstić information content (AvgIpc) is 3.20. The molecule has 1 atom stereocenters. The van der Waals surface area contributed by atoms with Gasteiger partial charge >= 0.3 is 0 Å². The van der Waals surface area contributed by atoms with E-state index in [2.05, 4.69) is 10.6 Å². The number of hydrogen-bond acceptors (Lipinski definition) is 3. The third-order valence-corrected chi connectivity index (χ3v) is 5.03. The smallest absolute Gasteiger partial charge is 0.254 e. The van der Waals surface area contributed by atoms with Gasteiger partial charge in [-0.05, 0) is 23.8 Å². The van der Waals surface area contributed by atoms with Crippen molar-refractivity contribution in [1.82, 2.24) is 5.32 Å². The molecule has 6 nitrogen and oxygen atoms in total. The molecule has 2 aliphatic heterocycles. The van der Waals surface area contributed by atoms with Gasteiger partial charge in [0, 0.05) is 19.5 Å². The molecule has 26 heavy (non-hydrogen) atoms. The maximum atomic E-state index is 12.7. The number of hydrogen-bond donors (Lipinski definition) is 2. The van der Waals surface area contributed by atoms with Crippen molar-refractivity contribution < 1.29 is 14.4 Å². The van der Waals surface area contributed by atoms with Gasteiger partial charge in [0.2, 0.25) is 11.8 Å². The molecule has 1 fully saturated rings. The van der Waals surface area contributed by atoms with E-state index in [0.29, 0.717) is 28.5 Å². The number of carbonyl (C=O) groups is 3. The lowest BCUT2D eigenvalue weighted by Crippen LogP contribution is -2.28. The van der Waals surface area contributed by atoms with Gasteiger partial charge in [0.05, 0.1) is 27.9 Å². The van der Waals surface area contributed by atoms with Gasteiger partial charge in [-0.15, -0.1) is 0 Å². The highest BCUT2D eigenvalue weighted by Crippen LogP contribution is 2.32. The summed E-state index contributed by atoms with van der Waals surface area (Å²) in [6.07, 6.45) is 0.109. The molecule has 3 amide bonds. The highest BCUT2D eigenvalue weighted by molar-refractivity contribution is 6.34. The highest BCUT2D eigenvalue weighted by Gasteiger charge is 2.36. The van der Waals surface area contributed by atoms with Gasteiger partial charge in [0.15, 0.2) is 0 Å². The van der Waals surface area contributed by atoms with Crippen LogP contribution in [0.25, 0.3) is 0 Å². The fourth-order valence-electron chi connectivity index (χ4n) is 3.41. The van der Waals surface area contributed by atoms with Crippen molar-refractivity contribution in [2.24, 2.45) is 5.92 Å². The quantitative estimate of drug-likeness (QED) is 0.872. The molecule has 1 unspecified atom stereocenters. The number of amides is 3. The van der Waals surface area contributed by atoms with E-state index in [1.807, 2.05) is 6.07 Å². The molecule has 0 bridgehead atoms. The molecule has 0 saturated carbocycles. The standard InChI is InChI=1S/C19H16ClN3O3/c20-13-5-1-2-7-15(13)23-10-12(8-16(23)24)18(25)22-14-6-3-4-11-9-21-19(26)17(11)14/h1-7,12H,8-10H2,(H,21,26)(H,22,25). The van der Waals surface area contributed by atoms with Crippen LogP contribution in [0.2, 0.25) is 5.02 Å².